The molecule has 0 bridgehead atoms. The Kier molecular flexibility index (Phi) is 7.81. The molecule has 1 aromatic carbocycles. The van der Waals surface area contributed by atoms with Gasteiger partial charge in [0.05, 0.1) is 11.4 Å². The molecule has 2 aliphatic rings. The number of nitrogens with one attached hydrogen (secondary N) is 1. The van der Waals surface area contributed by atoms with Gasteiger partial charge in [-0.05, 0) is 63.4 Å². The van der Waals surface area contributed by atoms with Crippen molar-refractivity contribution >= 4 is 46.8 Å². The number of aliphatic carboxylic acids is 1. The topological polar surface area (TPSA) is 116 Å². The van der Waals surface area contributed by atoms with Crippen LogP contribution < -0.4 is 5.32 Å². The predicted molar refractivity (Wildman–Crippen MR) is 134 cm³/mol. The summed E-state index contributed by atoms with van der Waals surface area (Å²) in [6.45, 7) is 5.59. The summed E-state index contributed by atoms with van der Waals surface area (Å²) in [6, 6.07) is 6.43. The summed E-state index contributed by atoms with van der Waals surface area (Å²) in [7, 11) is 0. The minimum Gasteiger partial charge on any atom is -0.481 e. The second-order valence-electron chi connectivity index (χ2n) is 9.31. The number of hydrogen-bond donors (Lipinski definition) is 3. The van der Waals surface area contributed by atoms with Gasteiger partial charge in [0.2, 0.25) is 0 Å². The van der Waals surface area contributed by atoms with Crippen LogP contribution >= 0.6 is 23.5 Å². The van der Waals surface area contributed by atoms with Gasteiger partial charge >= 0.3 is 5.97 Å². The van der Waals surface area contributed by atoms with Crippen LogP contribution in [0.15, 0.2) is 40.5 Å². The van der Waals surface area contributed by atoms with Crippen molar-refractivity contribution in [1.29, 1.82) is 0 Å². The number of rotatable bonds is 9. The molecule has 3 heterocycles. The Bertz CT molecular complexity index is 1050. The van der Waals surface area contributed by atoms with Gasteiger partial charge in [0.25, 0.3) is 0 Å². The number of fused-ring (bicyclic) bond motifs is 2. The molecule has 4 rings (SSSR count). The number of nitrogens with zero attached hydrogens (tertiary/aromatic N) is 3. The molecule has 1 saturated heterocycles. The molecule has 0 saturated carbocycles. The first-order valence-electron chi connectivity index (χ1n) is 11.4. The number of hydrogen-bond acceptors (Lipinski definition) is 9. The molecule has 0 radical (unpaired) electrons. The van der Waals surface area contributed by atoms with Crippen LogP contribution in [0.3, 0.4) is 0 Å². The van der Waals surface area contributed by atoms with E-state index in [1.807, 2.05) is 0 Å². The average molecular weight is 503 g/mol. The van der Waals surface area contributed by atoms with Crippen molar-refractivity contribution in [2.75, 3.05) is 24.2 Å². The van der Waals surface area contributed by atoms with Crippen molar-refractivity contribution in [3.63, 3.8) is 0 Å². The first kappa shape index (κ1) is 25.0. The smallest absolute Gasteiger partial charge is 0.313 e. The fourth-order valence-electron chi connectivity index (χ4n) is 4.29. The van der Waals surface area contributed by atoms with E-state index in [9.17, 15) is 14.7 Å². The number of anilines is 2. The maximum absolute atomic E-state index is 12.4. The normalized spacial score (nSPS) is 17.4. The summed E-state index contributed by atoms with van der Waals surface area (Å²) >= 11 is 2.94. The summed E-state index contributed by atoms with van der Waals surface area (Å²) in [5, 5.41) is 23.3. The number of piperidine rings is 1. The number of carbonyl (C=O) groups is 2. The van der Waals surface area contributed by atoms with E-state index in [4.69, 9.17) is 5.11 Å². The molecule has 2 aliphatic heterocycles. The minimum atomic E-state index is -1.40. The third-order valence-corrected chi connectivity index (χ3v) is 8.68. The van der Waals surface area contributed by atoms with Gasteiger partial charge in [0.15, 0.2) is 11.6 Å². The van der Waals surface area contributed by atoms with Gasteiger partial charge < -0.3 is 15.5 Å². The van der Waals surface area contributed by atoms with Gasteiger partial charge in [-0.2, -0.15) is 0 Å². The van der Waals surface area contributed by atoms with Gasteiger partial charge in [-0.25, -0.2) is 9.97 Å². The fourth-order valence-corrected chi connectivity index (χ4v) is 6.34. The zero-order valence-corrected chi connectivity index (χ0v) is 21.0. The van der Waals surface area contributed by atoms with Crippen LogP contribution in [0.25, 0.3) is 0 Å². The number of thioether (sulfide) groups is 1. The van der Waals surface area contributed by atoms with Crippen LogP contribution in [0, 0.1) is 5.92 Å². The second kappa shape index (κ2) is 10.6. The Hall–Kier alpha value is -2.14. The zero-order chi connectivity index (χ0) is 24.3. The molecular weight excluding hydrogens is 472 g/mol. The molecule has 182 valence electrons. The Morgan fingerprint density at radius 1 is 1.26 bits per heavy atom. The molecule has 34 heavy (non-hydrogen) atoms. The van der Waals surface area contributed by atoms with Crippen molar-refractivity contribution in [3.8, 4) is 0 Å². The number of carboxylic acid groups (broad SMARTS) is 1. The summed E-state index contributed by atoms with van der Waals surface area (Å²) in [5.41, 5.74) is 0.862. The summed E-state index contributed by atoms with van der Waals surface area (Å²) in [4.78, 5) is 35.8. The van der Waals surface area contributed by atoms with Crippen molar-refractivity contribution in [2.45, 2.75) is 60.4 Å². The highest BCUT2D eigenvalue weighted by atomic mass is 32.2. The number of ketones is 1. The predicted octanol–water partition coefficient (Wildman–Crippen LogP) is 3.81. The van der Waals surface area contributed by atoms with Crippen LogP contribution in [0.2, 0.25) is 0 Å². The van der Waals surface area contributed by atoms with E-state index in [1.165, 1.54) is 31.2 Å². The summed E-state index contributed by atoms with van der Waals surface area (Å²) in [6.07, 6.45) is 5.38. The molecule has 0 aliphatic carbocycles. The van der Waals surface area contributed by atoms with Gasteiger partial charge in [-0.3, -0.25) is 14.5 Å². The van der Waals surface area contributed by atoms with E-state index in [0.717, 1.165) is 53.9 Å². The largest absolute Gasteiger partial charge is 0.481 e. The SMILES string of the molecule is CC(C)(O)C(=O)CC(SCC(=O)O)C1CCN(Cc2ccc3c(c2)Nc2nccnc2S3)CC1. The number of aliphatic hydroxyl groups is 1. The van der Waals surface area contributed by atoms with E-state index in [2.05, 4.69) is 38.4 Å². The molecule has 10 heteroatoms. The Morgan fingerprint density at radius 3 is 2.71 bits per heavy atom. The molecule has 2 aromatic rings. The van der Waals surface area contributed by atoms with E-state index in [1.54, 1.807) is 24.2 Å². The molecule has 0 amide bonds. The minimum absolute atomic E-state index is 0.0301. The van der Waals surface area contributed by atoms with Gasteiger partial charge in [0.1, 0.15) is 10.6 Å². The number of Topliss-reactive ketones (excluding diaryl/α,β-unsaturated/α-hetero) is 1. The Morgan fingerprint density at radius 2 is 2.00 bits per heavy atom. The third-order valence-electron chi connectivity index (χ3n) is 6.22. The quantitative estimate of drug-likeness (QED) is 0.399. The van der Waals surface area contributed by atoms with Crippen LogP contribution in [0.5, 0.6) is 0 Å². The van der Waals surface area contributed by atoms with Crippen molar-refractivity contribution < 1.29 is 19.8 Å². The number of aromatic nitrogens is 2. The van der Waals surface area contributed by atoms with Crippen LogP contribution in [-0.2, 0) is 16.1 Å². The molecule has 1 aromatic heterocycles. The highest BCUT2D eigenvalue weighted by Gasteiger charge is 2.33. The lowest BCUT2D eigenvalue weighted by atomic mass is 9.88. The molecule has 1 atom stereocenters. The van der Waals surface area contributed by atoms with Gasteiger partial charge in [0, 0.05) is 35.5 Å². The van der Waals surface area contributed by atoms with Crippen molar-refractivity contribution in [1.82, 2.24) is 14.9 Å². The number of carbonyl (C=O) groups excluding carboxylic acids is 1. The van der Waals surface area contributed by atoms with E-state index in [-0.39, 0.29) is 29.1 Å². The van der Waals surface area contributed by atoms with Crippen molar-refractivity contribution in [3.05, 3.63) is 36.2 Å². The average Bonchev–Trinajstić information content (AvgIpc) is 2.80. The highest BCUT2D eigenvalue weighted by molar-refractivity contribution is 8.00. The maximum atomic E-state index is 12.4. The van der Waals surface area contributed by atoms with Crippen LogP contribution in [0.1, 0.15) is 38.7 Å². The summed E-state index contributed by atoms with van der Waals surface area (Å²) in [5.74, 6) is -0.107. The standard InChI is InChI=1S/C24H30N4O4S2/c1-24(2,32)20(29)12-19(33-14-21(30)31)16-5-9-28(10-6-16)13-15-3-4-18-17(11-15)27-22-23(34-18)26-8-7-25-22/h3-4,7-8,11,16,19,32H,5-6,9-10,12-14H2,1-2H3,(H,25,27)(H,30,31). The van der Waals surface area contributed by atoms with Gasteiger partial charge in [-0.15, -0.1) is 11.8 Å². The molecular formula is C24H30N4O4S2. The molecule has 1 fully saturated rings. The molecule has 0 spiro atoms. The monoisotopic (exact) mass is 502 g/mol. The number of likely N-dealkylation sites (tertiary alicyclic amines) is 1. The van der Waals surface area contributed by atoms with E-state index < -0.39 is 11.6 Å². The summed E-state index contributed by atoms with van der Waals surface area (Å²) < 4.78 is 0. The molecule has 8 nitrogen and oxygen atoms in total. The van der Waals surface area contributed by atoms with Gasteiger partial charge in [-0.1, -0.05) is 17.8 Å². The lowest BCUT2D eigenvalue weighted by Gasteiger charge is -2.36. The Balaban J connectivity index is 1.35. The number of benzene rings is 1. The highest BCUT2D eigenvalue weighted by Crippen LogP contribution is 2.42. The third kappa shape index (κ3) is 6.29. The maximum Gasteiger partial charge on any atom is 0.313 e. The zero-order valence-electron chi connectivity index (χ0n) is 19.4. The van der Waals surface area contributed by atoms with Crippen LogP contribution in [-0.4, -0.2) is 66.5 Å². The van der Waals surface area contributed by atoms with E-state index >= 15 is 0 Å². The Labute approximate surface area is 207 Å². The molecule has 3 N–H and O–H groups in total. The lowest BCUT2D eigenvalue weighted by molar-refractivity contribution is -0.135. The fraction of sp³-hybridized carbons (Fsp3) is 0.500. The molecule has 1 unspecified atom stereocenters. The van der Waals surface area contributed by atoms with Crippen molar-refractivity contribution in [2.24, 2.45) is 5.92 Å². The lowest BCUT2D eigenvalue weighted by Crippen LogP contribution is -2.40. The second-order valence-corrected chi connectivity index (χ2v) is 11.6. The first-order valence-corrected chi connectivity index (χ1v) is 13.3. The van der Waals surface area contributed by atoms with Crippen LogP contribution in [0.4, 0.5) is 11.5 Å². The number of carboxylic acids is 1. The van der Waals surface area contributed by atoms with E-state index in [0.29, 0.717) is 0 Å². The first-order chi connectivity index (χ1) is 16.2.